The van der Waals surface area contributed by atoms with E-state index in [4.69, 9.17) is 4.74 Å². The van der Waals surface area contributed by atoms with E-state index in [9.17, 15) is 9.59 Å². The van der Waals surface area contributed by atoms with E-state index in [1.165, 1.54) is 6.07 Å². The number of ether oxygens (including phenoxy) is 1. The second kappa shape index (κ2) is 5.51. The highest BCUT2D eigenvalue weighted by Crippen LogP contribution is 2.02. The third-order valence-corrected chi connectivity index (χ3v) is 2.59. The van der Waals surface area contributed by atoms with Crippen LogP contribution in [0.3, 0.4) is 0 Å². The number of esters is 1. The molecule has 6 nitrogen and oxygen atoms in total. The Balaban J connectivity index is 2.02. The Labute approximate surface area is 110 Å². The van der Waals surface area contributed by atoms with Crippen molar-refractivity contribution >= 4 is 5.97 Å². The van der Waals surface area contributed by atoms with E-state index in [0.29, 0.717) is 12.2 Å². The monoisotopic (exact) mass is 261 g/mol. The van der Waals surface area contributed by atoms with Crippen LogP contribution in [0.25, 0.3) is 0 Å². The van der Waals surface area contributed by atoms with E-state index in [0.717, 1.165) is 0 Å². The van der Waals surface area contributed by atoms with Gasteiger partial charge >= 0.3 is 5.97 Å². The maximum absolute atomic E-state index is 11.8. The zero-order valence-corrected chi connectivity index (χ0v) is 10.8. The van der Waals surface area contributed by atoms with Gasteiger partial charge in [0.05, 0.1) is 6.54 Å². The standard InChI is InChI=1S/C13H15N3O3/c1-9-4-5-11(12(17)15-9)13(18)19-10(2)8-16-7-3-6-14-16/h3-7,10H,8H2,1-2H3,(H,15,17)/t10-/m0/s1. The summed E-state index contributed by atoms with van der Waals surface area (Å²) in [6, 6.07) is 4.92. The molecule has 6 heteroatoms. The van der Waals surface area contributed by atoms with Crippen LogP contribution in [0.5, 0.6) is 0 Å². The first-order chi connectivity index (χ1) is 9.06. The molecule has 2 rings (SSSR count). The molecule has 0 aliphatic rings. The van der Waals surface area contributed by atoms with E-state index in [2.05, 4.69) is 10.1 Å². The second-order valence-electron chi connectivity index (χ2n) is 4.33. The number of aryl methyl sites for hydroxylation is 1. The molecule has 1 N–H and O–H groups in total. The third-order valence-electron chi connectivity index (χ3n) is 2.59. The van der Waals surface area contributed by atoms with Gasteiger partial charge in [0.25, 0.3) is 5.56 Å². The summed E-state index contributed by atoms with van der Waals surface area (Å²) in [6.07, 6.45) is 3.07. The van der Waals surface area contributed by atoms with Crippen molar-refractivity contribution < 1.29 is 9.53 Å². The van der Waals surface area contributed by atoms with E-state index in [-0.39, 0.29) is 11.7 Å². The zero-order valence-electron chi connectivity index (χ0n) is 10.8. The molecule has 0 aliphatic carbocycles. The molecule has 0 aliphatic heterocycles. The number of hydrogen-bond acceptors (Lipinski definition) is 4. The molecule has 0 saturated carbocycles. The molecule has 100 valence electrons. The van der Waals surface area contributed by atoms with Gasteiger partial charge in [-0.05, 0) is 32.0 Å². The highest BCUT2D eigenvalue weighted by molar-refractivity contribution is 5.89. The summed E-state index contributed by atoms with van der Waals surface area (Å²) in [5.41, 5.74) is 0.278. The molecule has 0 fully saturated rings. The molecule has 0 saturated heterocycles. The van der Waals surface area contributed by atoms with Gasteiger partial charge in [-0.3, -0.25) is 9.48 Å². The summed E-state index contributed by atoms with van der Waals surface area (Å²) in [7, 11) is 0. The van der Waals surface area contributed by atoms with E-state index in [1.54, 1.807) is 43.1 Å². The van der Waals surface area contributed by atoms with Gasteiger partial charge < -0.3 is 9.72 Å². The molecule has 19 heavy (non-hydrogen) atoms. The van der Waals surface area contributed by atoms with Crippen LogP contribution in [-0.2, 0) is 11.3 Å². The lowest BCUT2D eigenvalue weighted by molar-refractivity contribution is 0.0296. The lowest BCUT2D eigenvalue weighted by Crippen LogP contribution is -2.25. The Morgan fingerprint density at radius 2 is 2.32 bits per heavy atom. The number of aromatic nitrogens is 3. The van der Waals surface area contributed by atoms with Gasteiger partial charge in [0.1, 0.15) is 11.7 Å². The van der Waals surface area contributed by atoms with Gasteiger partial charge in [-0.15, -0.1) is 0 Å². The first-order valence-electron chi connectivity index (χ1n) is 5.94. The van der Waals surface area contributed by atoms with Crippen LogP contribution in [0.4, 0.5) is 0 Å². The van der Waals surface area contributed by atoms with Crippen LogP contribution >= 0.6 is 0 Å². The van der Waals surface area contributed by atoms with E-state index < -0.39 is 11.5 Å². The van der Waals surface area contributed by atoms with Gasteiger partial charge in [-0.2, -0.15) is 5.10 Å². The lowest BCUT2D eigenvalue weighted by Gasteiger charge is -2.13. The van der Waals surface area contributed by atoms with Crippen molar-refractivity contribution in [2.45, 2.75) is 26.5 Å². The minimum atomic E-state index is -0.624. The molecule has 0 spiro atoms. The fourth-order valence-corrected chi connectivity index (χ4v) is 1.69. The number of carbonyl (C=O) groups excluding carboxylic acids is 1. The maximum Gasteiger partial charge on any atom is 0.344 e. The molecule has 2 aromatic heterocycles. The van der Waals surface area contributed by atoms with Crippen LogP contribution in [0.2, 0.25) is 0 Å². The summed E-state index contributed by atoms with van der Waals surface area (Å²) >= 11 is 0. The number of H-pyrrole nitrogens is 1. The quantitative estimate of drug-likeness (QED) is 0.837. The smallest absolute Gasteiger partial charge is 0.344 e. The molecule has 1 atom stereocenters. The highest BCUT2D eigenvalue weighted by atomic mass is 16.5. The van der Waals surface area contributed by atoms with Crippen molar-refractivity contribution in [2.24, 2.45) is 0 Å². The normalized spacial score (nSPS) is 12.1. The van der Waals surface area contributed by atoms with Crippen molar-refractivity contribution in [2.75, 3.05) is 0 Å². The van der Waals surface area contributed by atoms with Crippen LogP contribution in [0, 0.1) is 6.92 Å². The number of nitrogens with one attached hydrogen (secondary N) is 1. The van der Waals surface area contributed by atoms with Crippen LogP contribution in [-0.4, -0.2) is 26.8 Å². The van der Waals surface area contributed by atoms with Gasteiger partial charge in [0.15, 0.2) is 0 Å². The highest BCUT2D eigenvalue weighted by Gasteiger charge is 2.15. The van der Waals surface area contributed by atoms with E-state index >= 15 is 0 Å². The molecule has 0 radical (unpaired) electrons. The number of hydrogen-bond donors (Lipinski definition) is 1. The van der Waals surface area contributed by atoms with Crippen LogP contribution in [0.1, 0.15) is 23.0 Å². The van der Waals surface area contributed by atoms with Gasteiger partial charge in [0.2, 0.25) is 0 Å². The van der Waals surface area contributed by atoms with Gasteiger partial charge in [-0.25, -0.2) is 4.79 Å². The average Bonchev–Trinajstić information content (AvgIpc) is 2.81. The Morgan fingerprint density at radius 3 is 2.95 bits per heavy atom. The van der Waals surface area contributed by atoms with Crippen molar-refractivity contribution in [1.29, 1.82) is 0 Å². The Hall–Kier alpha value is -2.37. The van der Waals surface area contributed by atoms with Crippen LogP contribution in [0.15, 0.2) is 35.4 Å². The molecular weight excluding hydrogens is 246 g/mol. The number of carbonyl (C=O) groups is 1. The molecular formula is C13H15N3O3. The fraction of sp³-hybridized carbons (Fsp3) is 0.308. The number of nitrogens with zero attached hydrogens (tertiary/aromatic N) is 2. The molecule has 0 unspecified atom stereocenters. The summed E-state index contributed by atoms with van der Waals surface area (Å²) in [5.74, 6) is -0.624. The average molecular weight is 261 g/mol. The number of aromatic amines is 1. The first kappa shape index (κ1) is 13.1. The molecule has 0 aromatic carbocycles. The predicted octanol–water partition coefficient (Wildman–Crippen LogP) is 1.13. The molecule has 0 amide bonds. The Kier molecular flexibility index (Phi) is 3.79. The lowest BCUT2D eigenvalue weighted by atomic mass is 10.2. The first-order valence-corrected chi connectivity index (χ1v) is 5.94. The molecule has 0 bridgehead atoms. The SMILES string of the molecule is Cc1ccc(C(=O)O[C@@H](C)Cn2cccn2)c(=O)[nH]1. The summed E-state index contributed by atoms with van der Waals surface area (Å²) < 4.78 is 6.87. The van der Waals surface area contributed by atoms with Crippen molar-refractivity contribution in [3.63, 3.8) is 0 Å². The topological polar surface area (TPSA) is 77.0 Å². The summed E-state index contributed by atoms with van der Waals surface area (Å²) in [5, 5.41) is 4.02. The Bertz CT molecular complexity index is 616. The zero-order chi connectivity index (χ0) is 13.8. The van der Waals surface area contributed by atoms with Crippen molar-refractivity contribution in [3.8, 4) is 0 Å². The van der Waals surface area contributed by atoms with Crippen molar-refractivity contribution in [3.05, 3.63) is 52.2 Å². The van der Waals surface area contributed by atoms with Crippen LogP contribution < -0.4 is 5.56 Å². The fourth-order valence-electron chi connectivity index (χ4n) is 1.69. The maximum atomic E-state index is 11.8. The molecule has 2 heterocycles. The number of pyridine rings is 1. The molecule has 2 aromatic rings. The Morgan fingerprint density at radius 1 is 1.53 bits per heavy atom. The largest absolute Gasteiger partial charge is 0.457 e. The van der Waals surface area contributed by atoms with Gasteiger partial charge in [-0.1, -0.05) is 0 Å². The minimum absolute atomic E-state index is 0.0120. The summed E-state index contributed by atoms with van der Waals surface area (Å²) in [4.78, 5) is 26.0. The number of rotatable bonds is 4. The second-order valence-corrected chi connectivity index (χ2v) is 4.33. The van der Waals surface area contributed by atoms with E-state index in [1.807, 2.05) is 0 Å². The third kappa shape index (κ3) is 3.31. The summed E-state index contributed by atoms with van der Waals surface area (Å²) in [6.45, 7) is 3.95. The predicted molar refractivity (Wildman–Crippen MR) is 68.9 cm³/mol. The van der Waals surface area contributed by atoms with Gasteiger partial charge in [0, 0.05) is 18.1 Å². The van der Waals surface area contributed by atoms with Crippen molar-refractivity contribution in [1.82, 2.24) is 14.8 Å². The minimum Gasteiger partial charge on any atom is -0.457 e.